The predicted molar refractivity (Wildman–Crippen MR) is 91.0 cm³/mol. The molecule has 0 radical (unpaired) electrons. The molecule has 1 N–H and O–H groups in total. The third-order valence-electron chi connectivity index (χ3n) is 3.66. The van der Waals surface area contributed by atoms with Crippen molar-refractivity contribution in [1.29, 1.82) is 0 Å². The van der Waals surface area contributed by atoms with E-state index in [-0.39, 0.29) is 42.5 Å². The summed E-state index contributed by atoms with van der Waals surface area (Å²) in [5, 5.41) is 13.4. The van der Waals surface area contributed by atoms with Gasteiger partial charge in [0.05, 0.1) is 18.4 Å². The van der Waals surface area contributed by atoms with Gasteiger partial charge in [-0.05, 0) is 22.4 Å². The number of carbonyl (C=O) groups is 1. The van der Waals surface area contributed by atoms with Crippen LogP contribution in [0.4, 0.5) is 23.4 Å². The molecule has 0 amide bonds. The van der Waals surface area contributed by atoms with Crippen molar-refractivity contribution in [3.63, 3.8) is 0 Å². The monoisotopic (exact) mass is 466 g/mol. The lowest BCUT2D eigenvalue weighted by molar-refractivity contribution is -0.590. The molecule has 1 aromatic carbocycles. The van der Waals surface area contributed by atoms with Crippen molar-refractivity contribution in [2.75, 3.05) is 24.7 Å². The quantitative estimate of drug-likeness (QED) is 0.170. The molecule has 3 rings (SSSR count). The van der Waals surface area contributed by atoms with Gasteiger partial charge in [0.2, 0.25) is 17.8 Å². The smallest absolute Gasteiger partial charge is 0.363 e. The van der Waals surface area contributed by atoms with E-state index >= 15 is 0 Å². The van der Waals surface area contributed by atoms with Crippen LogP contribution in [0.3, 0.4) is 0 Å². The molecule has 0 saturated carbocycles. The summed E-state index contributed by atoms with van der Waals surface area (Å²) in [6, 6.07) is 2.00. The molecule has 2 aromatic heterocycles. The van der Waals surface area contributed by atoms with Gasteiger partial charge in [-0.25, -0.2) is 13.5 Å². The number of aldehydes is 1. The van der Waals surface area contributed by atoms with Crippen LogP contribution in [0.15, 0.2) is 27.4 Å². The zero-order valence-corrected chi connectivity index (χ0v) is 16.2. The number of anilines is 1. The SMILES string of the molecule is CS(=O)(=O)OCCNc1nonc1-c1noc(C=O)[n+]1-c1ccc(F)c(C(F)(F)F)c1. The largest absolute Gasteiger partial charge is 0.419 e. The van der Waals surface area contributed by atoms with Gasteiger partial charge >= 0.3 is 17.9 Å². The molecule has 0 fully saturated rings. The highest BCUT2D eigenvalue weighted by molar-refractivity contribution is 7.85. The number of rotatable bonds is 8. The fourth-order valence-electron chi connectivity index (χ4n) is 2.43. The number of nitrogens with zero attached hydrogens (tertiary/aromatic N) is 4. The third kappa shape index (κ3) is 5.02. The standard InChI is InChI=1S/C15H12F4N5O6S/c1-31(26,27)28-5-4-20-13-12(21-30-22-13)14-23-29-11(7-25)24(14)8-2-3-10(16)9(6-8)15(17,18)19/h2-3,6-7H,4-5H2,1H3,(H,20,22)/q+1. The molecule has 0 aliphatic rings. The van der Waals surface area contributed by atoms with Gasteiger partial charge < -0.3 is 5.32 Å². The van der Waals surface area contributed by atoms with Crippen LogP contribution in [0, 0.1) is 5.82 Å². The summed E-state index contributed by atoms with van der Waals surface area (Å²) in [5.41, 5.74) is -2.06. The van der Waals surface area contributed by atoms with Gasteiger partial charge in [0.15, 0.2) is 5.16 Å². The van der Waals surface area contributed by atoms with Gasteiger partial charge in [-0.3, -0.25) is 8.98 Å². The van der Waals surface area contributed by atoms with Crippen LogP contribution < -0.4 is 9.88 Å². The first-order valence-corrected chi connectivity index (χ1v) is 9.98. The molecule has 0 atom stereocenters. The second-order valence-corrected chi connectivity index (χ2v) is 7.52. The normalized spacial score (nSPS) is 12.2. The van der Waals surface area contributed by atoms with Crippen molar-refractivity contribution in [2.45, 2.75) is 6.18 Å². The minimum Gasteiger partial charge on any atom is -0.363 e. The van der Waals surface area contributed by atoms with E-state index in [0.29, 0.717) is 12.1 Å². The molecule has 16 heteroatoms. The van der Waals surface area contributed by atoms with Crippen molar-refractivity contribution in [3.8, 4) is 17.2 Å². The molecule has 3 aromatic rings. The Bertz CT molecular complexity index is 1210. The zero-order chi connectivity index (χ0) is 22.8. The first kappa shape index (κ1) is 22.3. The lowest BCUT2D eigenvalue weighted by atomic mass is 10.1. The molecule has 0 aliphatic carbocycles. The Hall–Kier alpha value is -3.40. The Morgan fingerprint density at radius 1 is 1.26 bits per heavy atom. The van der Waals surface area contributed by atoms with Gasteiger partial charge in [0.1, 0.15) is 11.5 Å². The molecule has 11 nitrogen and oxygen atoms in total. The molecule has 0 bridgehead atoms. The summed E-state index contributed by atoms with van der Waals surface area (Å²) in [6.45, 7) is -0.363. The molecule has 2 heterocycles. The molecule has 31 heavy (non-hydrogen) atoms. The molecule has 0 saturated heterocycles. The Morgan fingerprint density at radius 2 is 2.00 bits per heavy atom. The molecular formula is C15H12F4N5O6S+. The second-order valence-electron chi connectivity index (χ2n) is 5.87. The first-order valence-electron chi connectivity index (χ1n) is 8.16. The minimum absolute atomic E-state index is 0.0819. The van der Waals surface area contributed by atoms with Crippen LogP contribution in [-0.4, -0.2) is 49.6 Å². The average Bonchev–Trinajstić information content (AvgIpc) is 3.30. The minimum atomic E-state index is -5.00. The number of benzene rings is 1. The van der Waals surface area contributed by atoms with E-state index in [1.165, 1.54) is 0 Å². The summed E-state index contributed by atoms with van der Waals surface area (Å²) in [5.74, 6) is -2.44. The highest BCUT2D eigenvalue weighted by Crippen LogP contribution is 2.32. The summed E-state index contributed by atoms with van der Waals surface area (Å²) in [7, 11) is -3.68. The lowest BCUT2D eigenvalue weighted by Crippen LogP contribution is -2.36. The second kappa shape index (κ2) is 8.38. The average molecular weight is 466 g/mol. The number of nitrogens with one attached hydrogen (secondary N) is 1. The van der Waals surface area contributed by atoms with E-state index in [0.717, 1.165) is 16.9 Å². The summed E-state index contributed by atoms with van der Waals surface area (Å²) in [6.07, 6.45) is -3.97. The van der Waals surface area contributed by atoms with Crippen LogP contribution >= 0.6 is 0 Å². The summed E-state index contributed by atoms with van der Waals surface area (Å²) < 4.78 is 89.7. The maximum atomic E-state index is 13.6. The van der Waals surface area contributed by atoms with Crippen molar-refractivity contribution >= 4 is 22.2 Å². The molecular weight excluding hydrogens is 454 g/mol. The van der Waals surface area contributed by atoms with Crippen molar-refractivity contribution in [1.82, 2.24) is 15.5 Å². The number of carbonyl (C=O) groups excluding carboxylic acids is 1. The molecule has 0 unspecified atom stereocenters. The Morgan fingerprint density at radius 3 is 2.65 bits per heavy atom. The van der Waals surface area contributed by atoms with E-state index in [9.17, 15) is 30.8 Å². The lowest BCUT2D eigenvalue weighted by Gasteiger charge is -2.08. The Labute approximate surface area is 170 Å². The molecule has 166 valence electrons. The van der Waals surface area contributed by atoms with Crippen molar-refractivity contribution < 1.29 is 48.7 Å². The highest BCUT2D eigenvalue weighted by atomic mass is 32.2. The fraction of sp³-hybridized carbons (Fsp3) is 0.267. The van der Waals surface area contributed by atoms with Gasteiger partial charge in [-0.2, -0.15) is 21.6 Å². The zero-order valence-electron chi connectivity index (χ0n) is 15.4. The molecule has 0 spiro atoms. The van der Waals surface area contributed by atoms with Gasteiger partial charge in [-0.1, -0.05) is 0 Å². The maximum absolute atomic E-state index is 13.6. The summed E-state index contributed by atoms with van der Waals surface area (Å²) >= 11 is 0. The van der Waals surface area contributed by atoms with Gasteiger partial charge in [-0.15, -0.1) is 4.57 Å². The predicted octanol–water partition coefficient (Wildman–Crippen LogP) is 1.36. The number of aromatic nitrogens is 4. The van der Waals surface area contributed by atoms with Crippen LogP contribution in [0.25, 0.3) is 17.2 Å². The van der Waals surface area contributed by atoms with E-state index in [4.69, 9.17) is 4.52 Å². The Balaban J connectivity index is 1.99. The van der Waals surface area contributed by atoms with Crippen molar-refractivity contribution in [3.05, 3.63) is 35.5 Å². The van der Waals surface area contributed by atoms with Crippen molar-refractivity contribution in [2.24, 2.45) is 0 Å². The Kier molecular flexibility index (Phi) is 6.03. The van der Waals surface area contributed by atoms with Gasteiger partial charge in [0.25, 0.3) is 10.1 Å². The fourth-order valence-corrected chi connectivity index (χ4v) is 2.82. The third-order valence-corrected chi connectivity index (χ3v) is 4.26. The van der Waals surface area contributed by atoms with Crippen LogP contribution in [0.1, 0.15) is 16.2 Å². The van der Waals surface area contributed by atoms with Crippen LogP contribution in [0.2, 0.25) is 0 Å². The molecule has 0 aliphatic heterocycles. The topological polar surface area (TPSA) is 141 Å². The van der Waals surface area contributed by atoms with E-state index in [1.807, 2.05) is 0 Å². The van der Waals surface area contributed by atoms with Gasteiger partial charge in [0, 0.05) is 12.6 Å². The number of hydrogen-bond acceptors (Lipinski definition) is 10. The number of halogens is 4. The van der Waals surface area contributed by atoms with Crippen LogP contribution in [0.5, 0.6) is 0 Å². The van der Waals surface area contributed by atoms with E-state index in [1.54, 1.807) is 0 Å². The maximum Gasteiger partial charge on any atom is 0.419 e. The number of hydrogen-bond donors (Lipinski definition) is 1. The first-order chi connectivity index (χ1) is 14.5. The van der Waals surface area contributed by atoms with E-state index in [2.05, 4.69) is 29.6 Å². The van der Waals surface area contributed by atoms with Crippen LogP contribution in [-0.2, 0) is 20.5 Å². The highest BCUT2D eigenvalue weighted by Gasteiger charge is 2.38. The number of alkyl halides is 3. The van der Waals surface area contributed by atoms with E-state index < -0.39 is 33.6 Å². The summed E-state index contributed by atoms with van der Waals surface area (Å²) in [4.78, 5) is 11.3.